The Balaban J connectivity index is 2.79. The van der Waals surface area contributed by atoms with Crippen LogP contribution < -0.4 is 10.2 Å². The summed E-state index contributed by atoms with van der Waals surface area (Å²) in [4.78, 5) is 2.07. The smallest absolute Gasteiger partial charge is 0.0686 e. The van der Waals surface area contributed by atoms with Gasteiger partial charge >= 0.3 is 0 Å². The molecular formula is C13H22N2O. The molecule has 0 fully saturated rings. The van der Waals surface area contributed by atoms with Crippen LogP contribution in [0.5, 0.6) is 0 Å². The summed E-state index contributed by atoms with van der Waals surface area (Å²) in [5.41, 5.74) is 3.75. The summed E-state index contributed by atoms with van der Waals surface area (Å²) in [5.74, 6) is 0. The van der Waals surface area contributed by atoms with E-state index >= 15 is 0 Å². The zero-order valence-electron chi connectivity index (χ0n) is 10.6. The van der Waals surface area contributed by atoms with Crippen LogP contribution in [0.3, 0.4) is 0 Å². The highest BCUT2D eigenvalue weighted by molar-refractivity contribution is 5.50. The lowest BCUT2D eigenvalue weighted by atomic mass is 10.1. The van der Waals surface area contributed by atoms with Crippen LogP contribution in [0.15, 0.2) is 18.2 Å². The van der Waals surface area contributed by atoms with Gasteiger partial charge in [0, 0.05) is 25.8 Å². The fourth-order valence-corrected chi connectivity index (χ4v) is 1.81. The second kappa shape index (κ2) is 5.87. The number of aryl methyl sites for hydroxylation is 1. The third-order valence-electron chi connectivity index (χ3n) is 2.67. The van der Waals surface area contributed by atoms with E-state index in [1.165, 1.54) is 11.1 Å². The zero-order chi connectivity index (χ0) is 12.1. The first-order valence-corrected chi connectivity index (χ1v) is 5.68. The summed E-state index contributed by atoms with van der Waals surface area (Å²) in [6.45, 7) is 5.47. The van der Waals surface area contributed by atoms with Gasteiger partial charge < -0.3 is 15.3 Å². The number of nitrogens with one attached hydrogen (secondary N) is 1. The summed E-state index contributed by atoms with van der Waals surface area (Å²) in [7, 11) is 3.95. The maximum atomic E-state index is 9.34. The van der Waals surface area contributed by atoms with Crippen molar-refractivity contribution >= 4 is 5.69 Å². The predicted molar refractivity (Wildman–Crippen MR) is 68.9 cm³/mol. The van der Waals surface area contributed by atoms with E-state index in [4.69, 9.17) is 0 Å². The Hall–Kier alpha value is -1.06. The third-order valence-corrected chi connectivity index (χ3v) is 2.67. The quantitative estimate of drug-likeness (QED) is 0.793. The number of aliphatic hydroxyl groups excluding tert-OH is 1. The van der Waals surface area contributed by atoms with Crippen LogP contribution in [-0.2, 0) is 6.54 Å². The summed E-state index contributed by atoms with van der Waals surface area (Å²) in [6.07, 6.45) is -0.303. The van der Waals surface area contributed by atoms with E-state index in [-0.39, 0.29) is 6.10 Å². The van der Waals surface area contributed by atoms with E-state index in [1.54, 1.807) is 6.92 Å². The first-order chi connectivity index (χ1) is 7.54. The molecule has 2 N–H and O–H groups in total. The molecule has 90 valence electrons. The first-order valence-electron chi connectivity index (χ1n) is 5.68. The van der Waals surface area contributed by atoms with Crippen LogP contribution in [0.25, 0.3) is 0 Å². The lowest BCUT2D eigenvalue weighted by Gasteiger charge is -2.22. The van der Waals surface area contributed by atoms with Crippen LogP contribution in [-0.4, -0.2) is 31.9 Å². The third kappa shape index (κ3) is 3.51. The fourth-order valence-electron chi connectivity index (χ4n) is 1.81. The maximum Gasteiger partial charge on any atom is 0.0686 e. The number of likely N-dealkylation sites (N-methyl/N-ethyl adjacent to an activating group) is 1. The highest BCUT2D eigenvalue weighted by atomic mass is 16.3. The molecule has 0 saturated carbocycles. The second-order valence-electron chi connectivity index (χ2n) is 4.37. The molecule has 0 aromatic heterocycles. The molecule has 1 aromatic rings. The minimum absolute atomic E-state index is 0.303. The van der Waals surface area contributed by atoms with Crippen molar-refractivity contribution in [3.8, 4) is 0 Å². The lowest BCUT2D eigenvalue weighted by molar-refractivity contribution is 0.201. The molecule has 0 amide bonds. The number of nitrogens with zero attached hydrogens (tertiary/aromatic N) is 1. The van der Waals surface area contributed by atoms with E-state index in [2.05, 4.69) is 35.3 Å². The van der Waals surface area contributed by atoms with Crippen molar-refractivity contribution in [2.75, 3.05) is 25.5 Å². The average Bonchev–Trinajstić information content (AvgIpc) is 2.20. The molecule has 0 heterocycles. The molecular weight excluding hydrogens is 200 g/mol. The molecule has 1 unspecified atom stereocenters. The van der Waals surface area contributed by atoms with Gasteiger partial charge in [-0.05, 0) is 44.2 Å². The van der Waals surface area contributed by atoms with Crippen LogP contribution in [0.4, 0.5) is 5.69 Å². The van der Waals surface area contributed by atoms with Crippen molar-refractivity contribution in [1.29, 1.82) is 0 Å². The molecule has 3 heteroatoms. The second-order valence-corrected chi connectivity index (χ2v) is 4.37. The van der Waals surface area contributed by atoms with Crippen molar-refractivity contribution in [2.24, 2.45) is 0 Å². The molecule has 1 aromatic carbocycles. The highest BCUT2D eigenvalue weighted by Gasteiger charge is 2.06. The van der Waals surface area contributed by atoms with E-state index in [0.717, 1.165) is 12.2 Å². The number of benzene rings is 1. The molecule has 0 aliphatic heterocycles. The number of aliphatic hydroxyl groups is 1. The van der Waals surface area contributed by atoms with Crippen LogP contribution in [0.2, 0.25) is 0 Å². The predicted octanol–water partition coefficient (Wildman–Crippen LogP) is 1.53. The maximum absolute atomic E-state index is 9.34. The van der Waals surface area contributed by atoms with Gasteiger partial charge in [0.1, 0.15) is 0 Å². The van der Waals surface area contributed by atoms with Crippen molar-refractivity contribution < 1.29 is 5.11 Å². The van der Waals surface area contributed by atoms with Crippen LogP contribution in [0, 0.1) is 6.92 Å². The minimum atomic E-state index is -0.303. The molecule has 0 radical (unpaired) electrons. The lowest BCUT2D eigenvalue weighted by Crippen LogP contribution is -2.26. The van der Waals surface area contributed by atoms with Crippen LogP contribution >= 0.6 is 0 Å². The summed E-state index contributed by atoms with van der Waals surface area (Å²) >= 11 is 0. The number of hydrogen-bond donors (Lipinski definition) is 2. The molecule has 0 spiro atoms. The Morgan fingerprint density at radius 3 is 2.62 bits per heavy atom. The molecule has 0 aliphatic carbocycles. The molecule has 16 heavy (non-hydrogen) atoms. The molecule has 1 rings (SSSR count). The molecule has 0 saturated heterocycles. The highest BCUT2D eigenvalue weighted by Crippen LogP contribution is 2.18. The van der Waals surface area contributed by atoms with E-state index in [0.29, 0.717) is 6.54 Å². The van der Waals surface area contributed by atoms with Gasteiger partial charge in [-0.1, -0.05) is 6.07 Å². The largest absolute Gasteiger partial charge is 0.392 e. The van der Waals surface area contributed by atoms with Crippen molar-refractivity contribution in [2.45, 2.75) is 26.5 Å². The monoisotopic (exact) mass is 222 g/mol. The Morgan fingerprint density at radius 2 is 2.12 bits per heavy atom. The topological polar surface area (TPSA) is 35.5 Å². The van der Waals surface area contributed by atoms with E-state index in [9.17, 15) is 5.11 Å². The van der Waals surface area contributed by atoms with Gasteiger partial charge in [-0.25, -0.2) is 0 Å². The number of rotatable bonds is 5. The number of hydrogen-bond acceptors (Lipinski definition) is 3. The summed E-state index contributed by atoms with van der Waals surface area (Å²) in [5, 5.41) is 12.5. The Bertz CT molecular complexity index is 337. The zero-order valence-corrected chi connectivity index (χ0v) is 10.6. The minimum Gasteiger partial charge on any atom is -0.392 e. The van der Waals surface area contributed by atoms with Crippen molar-refractivity contribution in [1.82, 2.24) is 5.32 Å². The van der Waals surface area contributed by atoms with E-state index < -0.39 is 0 Å². The average molecular weight is 222 g/mol. The van der Waals surface area contributed by atoms with Gasteiger partial charge in [-0.3, -0.25) is 0 Å². The van der Waals surface area contributed by atoms with Gasteiger partial charge in [0.05, 0.1) is 6.10 Å². The van der Waals surface area contributed by atoms with Gasteiger partial charge in [0.2, 0.25) is 0 Å². The molecule has 1 atom stereocenters. The van der Waals surface area contributed by atoms with Crippen molar-refractivity contribution in [3.63, 3.8) is 0 Å². The summed E-state index contributed by atoms with van der Waals surface area (Å²) in [6, 6.07) is 6.40. The first kappa shape index (κ1) is 13.0. The molecule has 0 aliphatic rings. The standard InChI is InChI=1S/C13H22N2O/c1-10-7-13(15(4)9-11(2)16)6-5-12(10)8-14-3/h5-7,11,14,16H,8-9H2,1-4H3. The van der Waals surface area contributed by atoms with Crippen LogP contribution in [0.1, 0.15) is 18.1 Å². The molecule has 0 bridgehead atoms. The molecule has 3 nitrogen and oxygen atoms in total. The van der Waals surface area contributed by atoms with Gasteiger partial charge in [-0.15, -0.1) is 0 Å². The normalized spacial score (nSPS) is 12.6. The van der Waals surface area contributed by atoms with Gasteiger partial charge in [-0.2, -0.15) is 0 Å². The van der Waals surface area contributed by atoms with Gasteiger partial charge in [0.15, 0.2) is 0 Å². The Labute approximate surface area is 98.1 Å². The fraction of sp³-hybridized carbons (Fsp3) is 0.538. The Kier molecular flexibility index (Phi) is 4.77. The number of anilines is 1. The van der Waals surface area contributed by atoms with Gasteiger partial charge in [0.25, 0.3) is 0 Å². The SMILES string of the molecule is CNCc1ccc(N(C)CC(C)O)cc1C. The Morgan fingerprint density at radius 1 is 1.44 bits per heavy atom. The van der Waals surface area contributed by atoms with E-state index in [1.807, 2.05) is 14.1 Å². The summed E-state index contributed by atoms with van der Waals surface area (Å²) < 4.78 is 0. The van der Waals surface area contributed by atoms with Crippen molar-refractivity contribution in [3.05, 3.63) is 29.3 Å².